The van der Waals surface area contributed by atoms with Crippen molar-refractivity contribution in [3.8, 4) is 11.5 Å². The molecule has 2 N–H and O–H groups in total. The van der Waals surface area contributed by atoms with Crippen LogP contribution >= 0.6 is 0 Å². The molecule has 5 heteroatoms. The predicted molar refractivity (Wildman–Crippen MR) is 73.5 cm³/mol. The van der Waals surface area contributed by atoms with Gasteiger partial charge in [-0.1, -0.05) is 30.6 Å². The fraction of sp³-hybridized carbons (Fsp3) is 0.429. The Balaban J connectivity index is 2.38. The van der Waals surface area contributed by atoms with Gasteiger partial charge in [0.25, 0.3) is 5.89 Å². The van der Waals surface area contributed by atoms with Crippen LogP contribution in [-0.2, 0) is 4.74 Å². The summed E-state index contributed by atoms with van der Waals surface area (Å²) in [5.41, 5.74) is 8.42. The molecule has 2 rings (SSSR count). The summed E-state index contributed by atoms with van der Waals surface area (Å²) < 4.78 is 10.7. The number of rotatable bonds is 4. The lowest BCUT2D eigenvalue weighted by molar-refractivity contribution is 0.0556. The topological polar surface area (TPSA) is 74.2 Å². The Labute approximate surface area is 112 Å². The van der Waals surface area contributed by atoms with Gasteiger partial charge in [0.15, 0.2) is 0 Å². The molecule has 0 saturated carbocycles. The molecule has 1 heterocycles. The molecule has 0 aliphatic rings. The van der Waals surface area contributed by atoms with Gasteiger partial charge in [0.1, 0.15) is 6.10 Å². The highest BCUT2D eigenvalue weighted by atomic mass is 16.5. The molecule has 1 aromatic heterocycles. The number of aromatic nitrogens is 2. The van der Waals surface area contributed by atoms with E-state index in [4.69, 9.17) is 15.0 Å². The first-order chi connectivity index (χ1) is 9.02. The zero-order chi connectivity index (χ0) is 14.0. The summed E-state index contributed by atoms with van der Waals surface area (Å²) in [4.78, 5) is 4.39. The van der Waals surface area contributed by atoms with Gasteiger partial charge in [-0.3, -0.25) is 0 Å². The largest absolute Gasteiger partial charge is 0.398 e. The van der Waals surface area contributed by atoms with E-state index in [1.165, 1.54) is 0 Å². The van der Waals surface area contributed by atoms with Crippen molar-refractivity contribution in [2.75, 3.05) is 12.8 Å². The first-order valence-corrected chi connectivity index (χ1v) is 6.25. The van der Waals surface area contributed by atoms with Gasteiger partial charge in [-0.15, -0.1) is 0 Å². The second-order valence-corrected chi connectivity index (χ2v) is 4.95. The van der Waals surface area contributed by atoms with Crippen LogP contribution in [-0.4, -0.2) is 17.3 Å². The van der Waals surface area contributed by atoms with E-state index in [1.54, 1.807) is 7.11 Å². The van der Waals surface area contributed by atoms with Gasteiger partial charge in [-0.05, 0) is 25.0 Å². The van der Waals surface area contributed by atoms with Crippen molar-refractivity contribution in [2.24, 2.45) is 5.92 Å². The second-order valence-electron chi connectivity index (χ2n) is 4.95. The van der Waals surface area contributed by atoms with Gasteiger partial charge in [0, 0.05) is 12.8 Å². The molecule has 0 radical (unpaired) electrons. The van der Waals surface area contributed by atoms with Crippen LogP contribution in [0.15, 0.2) is 22.7 Å². The van der Waals surface area contributed by atoms with E-state index in [2.05, 4.69) is 10.1 Å². The Hall–Kier alpha value is -1.88. The lowest BCUT2D eigenvalue weighted by Crippen LogP contribution is -2.10. The molecular weight excluding hydrogens is 242 g/mol. The molecule has 0 aliphatic heterocycles. The molecule has 0 aliphatic carbocycles. The Morgan fingerprint density at radius 2 is 2.05 bits per heavy atom. The second kappa shape index (κ2) is 5.40. The lowest BCUT2D eigenvalue weighted by atomic mass is 10.1. The van der Waals surface area contributed by atoms with Gasteiger partial charge in [-0.25, -0.2) is 0 Å². The van der Waals surface area contributed by atoms with E-state index in [0.29, 0.717) is 17.4 Å². The quantitative estimate of drug-likeness (QED) is 0.856. The zero-order valence-corrected chi connectivity index (χ0v) is 11.7. The molecule has 0 saturated heterocycles. The molecule has 2 aromatic rings. The summed E-state index contributed by atoms with van der Waals surface area (Å²) in [5, 5.41) is 3.99. The minimum absolute atomic E-state index is 0.177. The Morgan fingerprint density at radius 1 is 1.32 bits per heavy atom. The van der Waals surface area contributed by atoms with Crippen LogP contribution in [0.1, 0.15) is 31.3 Å². The van der Waals surface area contributed by atoms with Gasteiger partial charge >= 0.3 is 0 Å². The molecule has 5 nitrogen and oxygen atoms in total. The predicted octanol–water partition coefficient (Wildman–Crippen LogP) is 2.97. The van der Waals surface area contributed by atoms with E-state index in [0.717, 1.165) is 11.1 Å². The summed E-state index contributed by atoms with van der Waals surface area (Å²) in [7, 11) is 1.64. The summed E-state index contributed by atoms with van der Waals surface area (Å²) >= 11 is 0. The van der Waals surface area contributed by atoms with Crippen LogP contribution in [0, 0.1) is 12.8 Å². The van der Waals surface area contributed by atoms with E-state index in [-0.39, 0.29) is 12.0 Å². The van der Waals surface area contributed by atoms with Gasteiger partial charge in [0.2, 0.25) is 5.82 Å². The number of methoxy groups -OCH3 is 1. The Morgan fingerprint density at radius 3 is 2.68 bits per heavy atom. The number of anilines is 1. The van der Waals surface area contributed by atoms with Crippen LogP contribution in [0.4, 0.5) is 5.69 Å². The van der Waals surface area contributed by atoms with E-state index in [9.17, 15) is 0 Å². The van der Waals surface area contributed by atoms with Crippen LogP contribution in [0.25, 0.3) is 11.5 Å². The Kier molecular flexibility index (Phi) is 3.85. The van der Waals surface area contributed by atoms with Crippen molar-refractivity contribution in [1.29, 1.82) is 0 Å². The first-order valence-electron chi connectivity index (χ1n) is 6.25. The number of nitrogen functional groups attached to an aromatic ring is 1. The van der Waals surface area contributed by atoms with Crippen LogP contribution in [0.3, 0.4) is 0 Å². The molecule has 1 unspecified atom stereocenters. The highest BCUT2D eigenvalue weighted by Crippen LogP contribution is 2.28. The minimum Gasteiger partial charge on any atom is -0.398 e. The van der Waals surface area contributed by atoms with Crippen molar-refractivity contribution in [2.45, 2.75) is 26.9 Å². The lowest BCUT2D eigenvalue weighted by Gasteiger charge is -2.14. The maximum Gasteiger partial charge on any atom is 0.260 e. The van der Waals surface area contributed by atoms with Crippen molar-refractivity contribution in [1.82, 2.24) is 10.1 Å². The number of ether oxygens (including phenoxy) is 1. The third-order valence-corrected chi connectivity index (χ3v) is 2.99. The smallest absolute Gasteiger partial charge is 0.260 e. The number of nitrogens with two attached hydrogens (primary N) is 1. The normalized spacial score (nSPS) is 12.9. The fourth-order valence-electron chi connectivity index (χ4n) is 1.99. The highest BCUT2D eigenvalue weighted by molar-refractivity contribution is 5.70. The molecule has 19 heavy (non-hydrogen) atoms. The number of benzene rings is 1. The van der Waals surface area contributed by atoms with E-state index in [1.807, 2.05) is 39.0 Å². The molecule has 0 bridgehead atoms. The number of aryl methyl sites for hydroxylation is 1. The van der Waals surface area contributed by atoms with Crippen molar-refractivity contribution in [3.05, 3.63) is 29.6 Å². The van der Waals surface area contributed by atoms with Crippen LogP contribution in [0.2, 0.25) is 0 Å². The van der Waals surface area contributed by atoms with Crippen molar-refractivity contribution >= 4 is 5.69 Å². The third kappa shape index (κ3) is 2.76. The number of hydrogen-bond donors (Lipinski definition) is 1. The molecule has 1 atom stereocenters. The average Bonchev–Trinajstić information content (AvgIpc) is 2.82. The summed E-state index contributed by atoms with van der Waals surface area (Å²) in [6.45, 7) is 6.09. The first kappa shape index (κ1) is 13.5. The highest BCUT2D eigenvalue weighted by Gasteiger charge is 2.22. The van der Waals surface area contributed by atoms with Crippen molar-refractivity contribution in [3.63, 3.8) is 0 Å². The number of hydrogen-bond acceptors (Lipinski definition) is 5. The summed E-state index contributed by atoms with van der Waals surface area (Å²) in [6.07, 6.45) is -0.177. The van der Waals surface area contributed by atoms with E-state index >= 15 is 0 Å². The fourth-order valence-corrected chi connectivity index (χ4v) is 1.99. The minimum atomic E-state index is -0.177. The number of nitrogens with zero attached hydrogens (tertiary/aromatic N) is 2. The maximum atomic E-state index is 5.94. The molecule has 102 valence electrons. The molecular formula is C14H19N3O2. The van der Waals surface area contributed by atoms with Crippen LogP contribution < -0.4 is 5.73 Å². The van der Waals surface area contributed by atoms with Gasteiger partial charge in [-0.2, -0.15) is 4.98 Å². The summed E-state index contributed by atoms with van der Waals surface area (Å²) in [5.74, 6) is 1.25. The zero-order valence-electron chi connectivity index (χ0n) is 11.7. The SMILES string of the molecule is COC(c1noc(-c2cc(C)ccc2N)n1)C(C)C. The average molecular weight is 261 g/mol. The monoisotopic (exact) mass is 261 g/mol. The van der Waals surface area contributed by atoms with Gasteiger partial charge in [0.05, 0.1) is 5.56 Å². The Bertz CT molecular complexity index is 564. The standard InChI is InChI=1S/C14H19N3O2/c1-8(2)12(18-4)13-16-14(19-17-13)10-7-9(3)5-6-11(10)15/h5-8,12H,15H2,1-4H3. The maximum absolute atomic E-state index is 5.94. The van der Waals surface area contributed by atoms with Crippen LogP contribution in [0.5, 0.6) is 0 Å². The van der Waals surface area contributed by atoms with Crippen molar-refractivity contribution < 1.29 is 9.26 Å². The van der Waals surface area contributed by atoms with Gasteiger partial charge < -0.3 is 15.0 Å². The molecule has 0 fully saturated rings. The third-order valence-electron chi connectivity index (χ3n) is 2.99. The van der Waals surface area contributed by atoms with E-state index < -0.39 is 0 Å². The molecule has 0 spiro atoms. The molecule has 0 amide bonds. The summed E-state index contributed by atoms with van der Waals surface area (Å²) in [6, 6.07) is 5.72. The molecule has 1 aromatic carbocycles.